The molecule has 0 atom stereocenters. The fourth-order valence-corrected chi connectivity index (χ4v) is 2.06. The van der Waals surface area contributed by atoms with E-state index in [9.17, 15) is 0 Å². The fraction of sp³-hybridized carbons (Fsp3) is 0.0833. The second kappa shape index (κ2) is 5.32. The molecule has 0 fully saturated rings. The lowest BCUT2D eigenvalue weighted by atomic mass is 10.3. The summed E-state index contributed by atoms with van der Waals surface area (Å²) in [5.41, 5.74) is 1.90. The summed E-state index contributed by atoms with van der Waals surface area (Å²) in [6.45, 7) is 0.669. The van der Waals surface area contributed by atoms with Gasteiger partial charge in [0.25, 0.3) is 0 Å². The number of rotatable bonds is 3. The van der Waals surface area contributed by atoms with Gasteiger partial charge in [-0.25, -0.2) is 0 Å². The van der Waals surface area contributed by atoms with Crippen LogP contribution in [-0.4, -0.2) is 4.98 Å². The lowest BCUT2D eigenvalue weighted by Crippen LogP contribution is -2.01. The van der Waals surface area contributed by atoms with Gasteiger partial charge in [-0.1, -0.05) is 33.6 Å². The van der Waals surface area contributed by atoms with Gasteiger partial charge < -0.3 is 5.32 Å². The first-order valence-corrected chi connectivity index (χ1v) is 6.01. The number of pyridine rings is 1. The molecule has 1 N–H and O–H groups in total. The Morgan fingerprint density at radius 3 is 2.81 bits per heavy atom. The van der Waals surface area contributed by atoms with Crippen molar-refractivity contribution in [2.24, 2.45) is 0 Å². The molecular formula is C12H10BrClN2. The molecule has 2 nitrogen and oxygen atoms in total. The van der Waals surface area contributed by atoms with Crippen molar-refractivity contribution < 1.29 is 0 Å². The molecule has 0 aliphatic heterocycles. The van der Waals surface area contributed by atoms with Crippen molar-refractivity contribution in [2.45, 2.75) is 6.54 Å². The molecule has 0 spiro atoms. The van der Waals surface area contributed by atoms with E-state index in [-0.39, 0.29) is 0 Å². The highest BCUT2D eigenvalue weighted by Gasteiger charge is 2.00. The zero-order chi connectivity index (χ0) is 11.4. The monoisotopic (exact) mass is 296 g/mol. The van der Waals surface area contributed by atoms with Gasteiger partial charge in [0.1, 0.15) is 0 Å². The third-order valence-corrected chi connectivity index (χ3v) is 2.92. The Morgan fingerprint density at radius 2 is 2.12 bits per heavy atom. The summed E-state index contributed by atoms with van der Waals surface area (Å²) in [5, 5.41) is 3.94. The molecule has 2 rings (SSSR count). The predicted molar refractivity (Wildman–Crippen MR) is 70.7 cm³/mol. The van der Waals surface area contributed by atoms with Gasteiger partial charge in [0.15, 0.2) is 0 Å². The van der Waals surface area contributed by atoms with E-state index in [1.807, 2.05) is 36.4 Å². The molecule has 2 aromatic rings. The first kappa shape index (κ1) is 11.4. The van der Waals surface area contributed by atoms with Gasteiger partial charge in [0, 0.05) is 10.7 Å². The Hall–Kier alpha value is -1.06. The van der Waals surface area contributed by atoms with E-state index < -0.39 is 0 Å². The van der Waals surface area contributed by atoms with Crippen LogP contribution in [0.3, 0.4) is 0 Å². The second-order valence-electron chi connectivity index (χ2n) is 3.30. The van der Waals surface area contributed by atoms with Gasteiger partial charge in [-0.15, -0.1) is 0 Å². The Balaban J connectivity index is 2.05. The van der Waals surface area contributed by atoms with Crippen LogP contribution in [0.4, 0.5) is 5.69 Å². The van der Waals surface area contributed by atoms with Crippen LogP contribution in [0.1, 0.15) is 5.69 Å². The first-order chi connectivity index (χ1) is 7.75. The lowest BCUT2D eigenvalue weighted by Gasteiger charge is -2.07. The van der Waals surface area contributed by atoms with Crippen LogP contribution >= 0.6 is 27.5 Å². The van der Waals surface area contributed by atoms with Crippen molar-refractivity contribution in [2.75, 3.05) is 5.32 Å². The molecule has 0 bridgehead atoms. The van der Waals surface area contributed by atoms with E-state index in [0.29, 0.717) is 11.6 Å². The molecule has 0 aliphatic rings. The maximum absolute atomic E-state index is 6.08. The van der Waals surface area contributed by atoms with Crippen molar-refractivity contribution >= 4 is 33.2 Å². The van der Waals surface area contributed by atoms with E-state index in [1.54, 1.807) is 6.20 Å². The van der Waals surface area contributed by atoms with Gasteiger partial charge in [-0.05, 0) is 30.3 Å². The highest BCUT2D eigenvalue weighted by molar-refractivity contribution is 9.10. The van der Waals surface area contributed by atoms with Crippen LogP contribution in [0.5, 0.6) is 0 Å². The number of benzene rings is 1. The molecule has 4 heteroatoms. The third-order valence-electron chi connectivity index (χ3n) is 2.12. The molecule has 0 unspecified atom stereocenters. The minimum absolute atomic E-state index is 0.669. The minimum Gasteiger partial charge on any atom is -0.378 e. The van der Waals surface area contributed by atoms with Crippen molar-refractivity contribution in [3.8, 4) is 0 Å². The summed E-state index contributed by atoms with van der Waals surface area (Å²) in [6.07, 6.45) is 1.78. The maximum atomic E-state index is 6.08. The molecule has 16 heavy (non-hydrogen) atoms. The molecule has 1 aromatic heterocycles. The quantitative estimate of drug-likeness (QED) is 0.922. The number of hydrogen-bond acceptors (Lipinski definition) is 2. The summed E-state index contributed by atoms with van der Waals surface area (Å²) in [4.78, 5) is 4.23. The molecule has 1 aromatic carbocycles. The fourth-order valence-electron chi connectivity index (χ4n) is 1.32. The average molecular weight is 298 g/mol. The molecule has 0 saturated carbocycles. The van der Waals surface area contributed by atoms with Gasteiger partial charge >= 0.3 is 0 Å². The van der Waals surface area contributed by atoms with E-state index in [0.717, 1.165) is 15.9 Å². The van der Waals surface area contributed by atoms with E-state index in [2.05, 4.69) is 26.2 Å². The number of halogens is 2. The molecule has 0 radical (unpaired) electrons. The molecule has 0 saturated heterocycles. The lowest BCUT2D eigenvalue weighted by molar-refractivity contribution is 1.05. The van der Waals surface area contributed by atoms with Crippen molar-refractivity contribution in [3.63, 3.8) is 0 Å². The van der Waals surface area contributed by atoms with Gasteiger partial charge in [-0.3, -0.25) is 4.98 Å². The maximum Gasteiger partial charge on any atom is 0.0648 e. The van der Waals surface area contributed by atoms with Crippen molar-refractivity contribution in [1.29, 1.82) is 0 Å². The number of nitrogens with zero attached hydrogens (tertiary/aromatic N) is 1. The molecule has 0 amide bonds. The summed E-state index contributed by atoms with van der Waals surface area (Å²) >= 11 is 9.45. The number of nitrogens with one attached hydrogen (secondary N) is 1. The van der Waals surface area contributed by atoms with Crippen LogP contribution in [-0.2, 0) is 6.54 Å². The topological polar surface area (TPSA) is 24.9 Å². The highest BCUT2D eigenvalue weighted by Crippen LogP contribution is 2.25. The summed E-state index contributed by atoms with van der Waals surface area (Å²) in [5.74, 6) is 0. The van der Waals surface area contributed by atoms with Crippen LogP contribution < -0.4 is 5.32 Å². The first-order valence-electron chi connectivity index (χ1n) is 4.84. The molecule has 0 aliphatic carbocycles. The Kier molecular flexibility index (Phi) is 3.80. The average Bonchev–Trinajstić information content (AvgIpc) is 2.29. The molecule has 1 heterocycles. The zero-order valence-electron chi connectivity index (χ0n) is 8.45. The standard InChI is InChI=1S/C12H10BrClN2/c13-9-4-5-12(11(14)7-9)16-8-10-3-1-2-6-15-10/h1-7,16H,8H2. The van der Waals surface area contributed by atoms with E-state index in [4.69, 9.17) is 11.6 Å². The second-order valence-corrected chi connectivity index (χ2v) is 4.62. The number of aromatic nitrogens is 1. The van der Waals surface area contributed by atoms with Gasteiger partial charge in [0.2, 0.25) is 0 Å². The smallest absolute Gasteiger partial charge is 0.0648 e. The van der Waals surface area contributed by atoms with Crippen molar-refractivity contribution in [3.05, 3.63) is 57.8 Å². The van der Waals surface area contributed by atoms with Crippen LogP contribution in [0, 0.1) is 0 Å². The minimum atomic E-state index is 0.669. The van der Waals surface area contributed by atoms with Crippen LogP contribution in [0.25, 0.3) is 0 Å². The van der Waals surface area contributed by atoms with E-state index in [1.165, 1.54) is 0 Å². The summed E-state index contributed by atoms with van der Waals surface area (Å²) < 4.78 is 0.973. The van der Waals surface area contributed by atoms with Crippen molar-refractivity contribution in [1.82, 2.24) is 4.98 Å². The molecule has 82 valence electrons. The SMILES string of the molecule is Clc1cc(Br)ccc1NCc1ccccn1. The van der Waals surface area contributed by atoms with Gasteiger partial charge in [0.05, 0.1) is 22.9 Å². The van der Waals surface area contributed by atoms with Gasteiger partial charge in [-0.2, -0.15) is 0 Å². The zero-order valence-corrected chi connectivity index (χ0v) is 10.8. The summed E-state index contributed by atoms with van der Waals surface area (Å²) in [6, 6.07) is 11.6. The normalized spacial score (nSPS) is 10.1. The van der Waals surface area contributed by atoms with Crippen LogP contribution in [0.2, 0.25) is 5.02 Å². The Morgan fingerprint density at radius 1 is 1.25 bits per heavy atom. The predicted octanol–water partition coefficient (Wildman–Crippen LogP) is 4.11. The Bertz CT molecular complexity index is 474. The highest BCUT2D eigenvalue weighted by atomic mass is 79.9. The summed E-state index contributed by atoms with van der Waals surface area (Å²) in [7, 11) is 0. The van der Waals surface area contributed by atoms with E-state index >= 15 is 0 Å². The van der Waals surface area contributed by atoms with Crippen LogP contribution in [0.15, 0.2) is 47.1 Å². The number of anilines is 1. The molecular weight excluding hydrogens is 288 g/mol. The Labute approximate surface area is 108 Å². The third kappa shape index (κ3) is 2.97. The largest absolute Gasteiger partial charge is 0.378 e. The number of hydrogen-bond donors (Lipinski definition) is 1.